The van der Waals surface area contributed by atoms with Crippen molar-refractivity contribution in [1.29, 1.82) is 5.26 Å². The van der Waals surface area contributed by atoms with Crippen molar-refractivity contribution >= 4 is 91.3 Å². The van der Waals surface area contributed by atoms with Gasteiger partial charge in [-0.3, -0.25) is 0 Å². The van der Waals surface area contributed by atoms with Crippen LogP contribution >= 0.6 is 45.3 Å². The maximum Gasteiger partial charge on any atom is 0.231 e. The Balaban J connectivity index is 1.27. The molecule has 0 saturated carbocycles. The fourth-order valence-corrected chi connectivity index (χ4v) is 7.87. The van der Waals surface area contributed by atoms with Crippen molar-refractivity contribution in [2.75, 3.05) is 24.6 Å². The lowest BCUT2D eigenvalue weighted by atomic mass is 10.1. The van der Waals surface area contributed by atoms with Crippen molar-refractivity contribution in [3.63, 3.8) is 0 Å². The molecule has 0 bridgehead atoms. The third-order valence-electron chi connectivity index (χ3n) is 5.77. The van der Waals surface area contributed by atoms with E-state index in [1.54, 1.807) is 34.0 Å². The molecule has 0 aliphatic rings. The first kappa shape index (κ1) is 26.4. The molecular formula is C27H26N6OS4. The molecule has 194 valence electrons. The van der Waals surface area contributed by atoms with Crippen LogP contribution in [-0.4, -0.2) is 29.7 Å². The third-order valence-corrected chi connectivity index (χ3v) is 9.87. The van der Waals surface area contributed by atoms with Crippen LogP contribution in [0.5, 0.6) is 5.75 Å². The smallest absolute Gasteiger partial charge is 0.231 e. The van der Waals surface area contributed by atoms with Gasteiger partial charge < -0.3 is 9.64 Å². The number of anilines is 1. The number of thiophene rings is 2. The molecule has 1 aromatic carbocycles. The predicted molar refractivity (Wildman–Crippen MR) is 163 cm³/mol. The van der Waals surface area contributed by atoms with Crippen molar-refractivity contribution in [2.45, 2.75) is 33.6 Å². The lowest BCUT2D eigenvalue weighted by Gasteiger charge is -2.16. The minimum Gasteiger partial charge on any atom is -0.494 e. The van der Waals surface area contributed by atoms with E-state index in [1.165, 1.54) is 11.3 Å². The summed E-state index contributed by atoms with van der Waals surface area (Å²) in [5.74, 6) is 0.824. The number of fused-ring (bicyclic) bond motifs is 2. The van der Waals surface area contributed by atoms with Crippen LogP contribution in [0.2, 0.25) is 0 Å². The standard InChI is InChI=1S/C27H26N6OS4/c1-4-7-12-34-19-10-8-17(9-11-19)18(16-28)13-20-14-21-24(35-20)29-26(36-21)32-31-23-15-22-25(38-23)30-27(37-22)33(5-2)6-3/h8-11,13-15H,4-7,12H2,1-3H3/b18-13+,32-31?. The number of ether oxygens (including phenoxy) is 1. The van der Waals surface area contributed by atoms with Crippen molar-refractivity contribution in [3.8, 4) is 11.8 Å². The number of rotatable bonds is 11. The molecule has 11 heteroatoms. The minimum atomic E-state index is 0.606. The molecule has 5 aromatic rings. The van der Waals surface area contributed by atoms with E-state index < -0.39 is 0 Å². The SMILES string of the molecule is CCCCOc1ccc(/C(C#N)=C/c2cc3sc(N=Nc4cc5sc(N(CC)CC)nc5s4)nc3s2)cc1. The molecule has 7 nitrogen and oxygen atoms in total. The molecule has 0 fully saturated rings. The Morgan fingerprint density at radius 1 is 0.974 bits per heavy atom. The Kier molecular flexibility index (Phi) is 8.44. The Labute approximate surface area is 237 Å². The van der Waals surface area contributed by atoms with Gasteiger partial charge >= 0.3 is 0 Å². The van der Waals surface area contributed by atoms with Crippen LogP contribution in [0.4, 0.5) is 15.3 Å². The number of hydrogen-bond donors (Lipinski definition) is 0. The average molecular weight is 579 g/mol. The molecule has 0 atom stereocenters. The Morgan fingerprint density at radius 3 is 2.42 bits per heavy atom. The number of azo groups is 1. The largest absolute Gasteiger partial charge is 0.494 e. The zero-order valence-corrected chi connectivity index (χ0v) is 24.6. The maximum atomic E-state index is 9.75. The molecular weight excluding hydrogens is 553 g/mol. The average Bonchev–Trinajstić information content (AvgIpc) is 3.67. The molecule has 0 saturated heterocycles. The molecule has 0 N–H and O–H groups in total. The van der Waals surface area contributed by atoms with E-state index >= 15 is 0 Å². The summed E-state index contributed by atoms with van der Waals surface area (Å²) in [7, 11) is 0. The molecule has 4 aromatic heterocycles. The second-order valence-electron chi connectivity index (χ2n) is 8.33. The van der Waals surface area contributed by atoms with Gasteiger partial charge in [0, 0.05) is 18.0 Å². The molecule has 0 amide bonds. The van der Waals surface area contributed by atoms with Crippen LogP contribution in [0.25, 0.3) is 30.7 Å². The summed E-state index contributed by atoms with van der Waals surface area (Å²) in [6.45, 7) is 9.02. The van der Waals surface area contributed by atoms with Gasteiger partial charge in [-0.1, -0.05) is 47.4 Å². The number of hydrogen-bond acceptors (Lipinski definition) is 11. The van der Waals surface area contributed by atoms with Gasteiger partial charge in [0.15, 0.2) is 5.13 Å². The molecule has 38 heavy (non-hydrogen) atoms. The van der Waals surface area contributed by atoms with E-state index in [9.17, 15) is 5.26 Å². The predicted octanol–water partition coefficient (Wildman–Crippen LogP) is 9.53. The van der Waals surface area contributed by atoms with Gasteiger partial charge in [0.05, 0.1) is 27.6 Å². The van der Waals surface area contributed by atoms with Gasteiger partial charge in [-0.2, -0.15) is 5.26 Å². The molecule has 0 unspecified atom stereocenters. The lowest BCUT2D eigenvalue weighted by Crippen LogP contribution is -2.21. The highest BCUT2D eigenvalue weighted by Crippen LogP contribution is 2.40. The molecule has 4 heterocycles. The summed E-state index contributed by atoms with van der Waals surface area (Å²) in [6, 6.07) is 14.1. The zero-order valence-electron chi connectivity index (χ0n) is 21.3. The first-order valence-corrected chi connectivity index (χ1v) is 15.7. The monoisotopic (exact) mass is 578 g/mol. The summed E-state index contributed by atoms with van der Waals surface area (Å²) >= 11 is 6.28. The maximum absolute atomic E-state index is 9.75. The normalized spacial score (nSPS) is 12.1. The second-order valence-corrected chi connectivity index (χ2v) is 12.4. The molecule has 0 aliphatic heterocycles. The number of nitrogens with zero attached hydrogens (tertiary/aromatic N) is 6. The summed E-state index contributed by atoms with van der Waals surface area (Å²) in [6.07, 6.45) is 4.03. The van der Waals surface area contributed by atoms with E-state index in [0.29, 0.717) is 17.3 Å². The van der Waals surface area contributed by atoms with Crippen molar-refractivity contribution in [2.24, 2.45) is 10.2 Å². The third kappa shape index (κ3) is 5.94. The van der Waals surface area contributed by atoms with E-state index in [-0.39, 0.29) is 0 Å². The van der Waals surface area contributed by atoms with E-state index in [2.05, 4.69) is 53.0 Å². The number of aromatic nitrogens is 2. The molecule has 0 radical (unpaired) electrons. The Hall–Kier alpha value is -3.17. The van der Waals surface area contributed by atoms with Gasteiger partial charge in [-0.15, -0.1) is 21.6 Å². The van der Waals surface area contributed by atoms with Gasteiger partial charge in [0.2, 0.25) is 5.13 Å². The van der Waals surface area contributed by atoms with Gasteiger partial charge in [0.25, 0.3) is 0 Å². The first-order chi connectivity index (χ1) is 18.6. The second kappa shape index (κ2) is 12.1. The number of benzene rings is 1. The fourth-order valence-electron chi connectivity index (χ4n) is 3.73. The molecule has 5 rings (SSSR count). The van der Waals surface area contributed by atoms with Crippen LogP contribution in [0.1, 0.15) is 44.1 Å². The summed E-state index contributed by atoms with van der Waals surface area (Å²) in [5, 5.41) is 21.0. The highest BCUT2D eigenvalue weighted by atomic mass is 32.1. The van der Waals surface area contributed by atoms with E-state index in [1.807, 2.05) is 36.4 Å². The lowest BCUT2D eigenvalue weighted by molar-refractivity contribution is 0.309. The zero-order chi connectivity index (χ0) is 26.5. The summed E-state index contributed by atoms with van der Waals surface area (Å²) < 4.78 is 7.89. The van der Waals surface area contributed by atoms with Crippen LogP contribution in [-0.2, 0) is 0 Å². The highest BCUT2D eigenvalue weighted by molar-refractivity contribution is 7.30. The number of unbranched alkanes of at least 4 members (excludes halogenated alkanes) is 1. The first-order valence-electron chi connectivity index (χ1n) is 12.4. The van der Waals surface area contributed by atoms with Gasteiger partial charge in [-0.05, 0) is 68.3 Å². The van der Waals surface area contributed by atoms with E-state index in [0.717, 1.165) is 71.3 Å². The molecule has 0 aliphatic carbocycles. The van der Waals surface area contributed by atoms with E-state index in [4.69, 9.17) is 9.72 Å². The van der Waals surface area contributed by atoms with Crippen molar-refractivity contribution in [1.82, 2.24) is 9.97 Å². The summed E-state index contributed by atoms with van der Waals surface area (Å²) in [4.78, 5) is 14.5. The quantitative estimate of drug-likeness (QED) is 0.0885. The molecule has 0 spiro atoms. The highest BCUT2D eigenvalue weighted by Gasteiger charge is 2.13. The van der Waals surface area contributed by atoms with Crippen LogP contribution in [0, 0.1) is 11.3 Å². The van der Waals surface area contributed by atoms with Crippen LogP contribution < -0.4 is 9.64 Å². The van der Waals surface area contributed by atoms with Gasteiger partial charge in [0.1, 0.15) is 20.4 Å². The number of thiazole rings is 2. The van der Waals surface area contributed by atoms with Gasteiger partial charge in [-0.25, -0.2) is 9.97 Å². The number of allylic oxidation sites excluding steroid dienone is 1. The topological polar surface area (TPSA) is 86.8 Å². The van der Waals surface area contributed by atoms with Crippen molar-refractivity contribution in [3.05, 3.63) is 46.8 Å². The van der Waals surface area contributed by atoms with Crippen LogP contribution in [0.3, 0.4) is 0 Å². The Morgan fingerprint density at radius 2 is 1.74 bits per heavy atom. The van der Waals surface area contributed by atoms with Crippen molar-refractivity contribution < 1.29 is 4.74 Å². The number of nitriles is 1. The van der Waals surface area contributed by atoms with Crippen LogP contribution in [0.15, 0.2) is 46.6 Å². The fraction of sp³-hybridized carbons (Fsp3) is 0.296. The Bertz CT molecular complexity index is 1570. The minimum absolute atomic E-state index is 0.606. The summed E-state index contributed by atoms with van der Waals surface area (Å²) in [5.41, 5.74) is 1.47.